The van der Waals surface area contributed by atoms with Gasteiger partial charge in [-0.15, -0.1) is 11.3 Å². The number of nitrogens with one attached hydrogen (secondary N) is 1. The molecule has 0 unspecified atom stereocenters. The van der Waals surface area contributed by atoms with Crippen LogP contribution in [-0.2, 0) is 12.8 Å². The maximum Gasteiger partial charge on any atom is 0.201 e. The van der Waals surface area contributed by atoms with Crippen LogP contribution < -0.4 is 0 Å². The number of H-pyrrole nitrogens is 1. The fraction of sp³-hybridized carbons (Fsp3) is 0.533. The van der Waals surface area contributed by atoms with Crippen LogP contribution in [0.2, 0.25) is 0 Å². The van der Waals surface area contributed by atoms with Gasteiger partial charge >= 0.3 is 0 Å². The van der Waals surface area contributed by atoms with Crippen LogP contribution >= 0.6 is 23.6 Å². The van der Waals surface area contributed by atoms with Crippen molar-refractivity contribution in [3.8, 4) is 0 Å². The Hall–Kier alpha value is -1.27. The molecule has 1 atom stereocenters. The summed E-state index contributed by atoms with van der Waals surface area (Å²) in [5.41, 5.74) is 2.41. The molecule has 6 heteroatoms. The van der Waals surface area contributed by atoms with E-state index in [9.17, 15) is 0 Å². The number of hydrogen-bond donors (Lipinski definition) is 1. The molecule has 0 aliphatic heterocycles. The standard InChI is InChI=1S/C15H18N4S2/c1-7(2)12-16-14-11(13-17-18-15(20)19(12)13)9-5-4-8(3)6-10(9)21-14/h7-8H,4-6H2,1-3H3,(H,18,20)/t8-/m0/s1. The van der Waals surface area contributed by atoms with Gasteiger partial charge in [0.15, 0.2) is 5.65 Å². The zero-order valence-electron chi connectivity index (χ0n) is 12.4. The van der Waals surface area contributed by atoms with Crippen molar-refractivity contribution < 1.29 is 0 Å². The molecule has 4 rings (SSSR count). The van der Waals surface area contributed by atoms with Crippen LogP contribution in [0.5, 0.6) is 0 Å². The van der Waals surface area contributed by atoms with Crippen molar-refractivity contribution in [1.82, 2.24) is 19.6 Å². The van der Waals surface area contributed by atoms with Crippen molar-refractivity contribution in [1.29, 1.82) is 0 Å². The van der Waals surface area contributed by atoms with Gasteiger partial charge in [-0.05, 0) is 43.0 Å². The van der Waals surface area contributed by atoms with Gasteiger partial charge in [0.1, 0.15) is 10.7 Å². The van der Waals surface area contributed by atoms with E-state index in [1.165, 1.54) is 28.7 Å². The molecule has 0 fully saturated rings. The van der Waals surface area contributed by atoms with Crippen molar-refractivity contribution >= 4 is 39.4 Å². The van der Waals surface area contributed by atoms with Gasteiger partial charge in [-0.2, -0.15) is 5.10 Å². The summed E-state index contributed by atoms with van der Waals surface area (Å²) in [7, 11) is 0. The molecule has 0 saturated carbocycles. The van der Waals surface area contributed by atoms with Crippen LogP contribution in [0.25, 0.3) is 15.9 Å². The molecule has 0 bridgehead atoms. The van der Waals surface area contributed by atoms with Gasteiger partial charge in [-0.25, -0.2) is 4.98 Å². The van der Waals surface area contributed by atoms with E-state index in [0.717, 1.165) is 28.6 Å². The molecule has 0 radical (unpaired) electrons. The van der Waals surface area contributed by atoms with E-state index in [4.69, 9.17) is 17.2 Å². The number of hydrogen-bond acceptors (Lipinski definition) is 4. The lowest BCUT2D eigenvalue weighted by molar-refractivity contribution is 0.509. The SMILES string of the molecule is CC(C)c1nc2sc3c(c2c2n[nH]c(=S)n12)CC[C@H](C)C3. The molecule has 3 aromatic rings. The van der Waals surface area contributed by atoms with Crippen molar-refractivity contribution in [2.75, 3.05) is 0 Å². The fourth-order valence-electron chi connectivity index (χ4n) is 3.26. The molecular weight excluding hydrogens is 300 g/mol. The summed E-state index contributed by atoms with van der Waals surface area (Å²) in [5, 5.41) is 8.67. The van der Waals surface area contributed by atoms with Crippen LogP contribution in [0.3, 0.4) is 0 Å². The zero-order chi connectivity index (χ0) is 14.7. The van der Waals surface area contributed by atoms with Gasteiger partial charge in [0, 0.05) is 10.8 Å². The zero-order valence-corrected chi connectivity index (χ0v) is 14.1. The number of aromatic nitrogens is 4. The second-order valence-corrected chi connectivity index (χ2v) is 7.81. The van der Waals surface area contributed by atoms with Gasteiger partial charge in [-0.3, -0.25) is 9.50 Å². The molecule has 110 valence electrons. The number of rotatable bonds is 1. The van der Waals surface area contributed by atoms with Gasteiger partial charge in [-0.1, -0.05) is 20.8 Å². The quantitative estimate of drug-likeness (QED) is 0.682. The van der Waals surface area contributed by atoms with Crippen molar-refractivity contribution in [2.45, 2.75) is 46.0 Å². The third-order valence-corrected chi connectivity index (χ3v) is 5.77. The van der Waals surface area contributed by atoms with Gasteiger partial charge in [0.05, 0.1) is 5.39 Å². The van der Waals surface area contributed by atoms with E-state index in [0.29, 0.717) is 10.7 Å². The highest BCUT2D eigenvalue weighted by molar-refractivity contribution is 7.71. The summed E-state index contributed by atoms with van der Waals surface area (Å²) >= 11 is 7.26. The minimum atomic E-state index is 0.319. The topological polar surface area (TPSA) is 46.0 Å². The Kier molecular flexibility index (Phi) is 2.94. The van der Waals surface area contributed by atoms with Crippen LogP contribution in [0.15, 0.2) is 0 Å². The average molecular weight is 318 g/mol. The smallest absolute Gasteiger partial charge is 0.201 e. The maximum absolute atomic E-state index is 5.41. The molecule has 0 saturated heterocycles. The second-order valence-electron chi connectivity index (χ2n) is 6.34. The Morgan fingerprint density at radius 3 is 3.00 bits per heavy atom. The molecule has 3 aromatic heterocycles. The van der Waals surface area contributed by atoms with E-state index < -0.39 is 0 Å². The van der Waals surface area contributed by atoms with E-state index >= 15 is 0 Å². The first-order valence-corrected chi connectivity index (χ1v) is 8.70. The largest absolute Gasteiger partial charge is 0.255 e. The lowest BCUT2D eigenvalue weighted by Crippen LogP contribution is -2.09. The van der Waals surface area contributed by atoms with Gasteiger partial charge in [0.2, 0.25) is 4.77 Å². The monoisotopic (exact) mass is 318 g/mol. The fourth-order valence-corrected chi connectivity index (χ4v) is 4.87. The average Bonchev–Trinajstić information content (AvgIpc) is 2.97. The number of fused-ring (bicyclic) bond motifs is 5. The minimum Gasteiger partial charge on any atom is -0.255 e. The maximum atomic E-state index is 5.41. The highest BCUT2D eigenvalue weighted by atomic mass is 32.1. The van der Waals surface area contributed by atoms with Crippen LogP contribution in [0.4, 0.5) is 0 Å². The number of aromatic amines is 1. The van der Waals surface area contributed by atoms with E-state index in [-0.39, 0.29) is 0 Å². The molecule has 1 N–H and O–H groups in total. The summed E-state index contributed by atoms with van der Waals surface area (Å²) in [6, 6.07) is 0. The first-order chi connectivity index (χ1) is 10.1. The first kappa shape index (κ1) is 13.4. The molecule has 0 aromatic carbocycles. The third kappa shape index (κ3) is 1.89. The lowest BCUT2D eigenvalue weighted by atomic mass is 9.89. The molecule has 1 aliphatic carbocycles. The Bertz CT molecular complexity index is 900. The van der Waals surface area contributed by atoms with Crippen LogP contribution in [-0.4, -0.2) is 19.6 Å². The van der Waals surface area contributed by atoms with Gasteiger partial charge < -0.3 is 0 Å². The normalized spacial score (nSPS) is 18.8. The highest BCUT2D eigenvalue weighted by Gasteiger charge is 2.24. The molecule has 0 spiro atoms. The Balaban J connectivity index is 2.15. The summed E-state index contributed by atoms with van der Waals surface area (Å²) in [5.74, 6) is 2.09. The predicted molar refractivity (Wildman–Crippen MR) is 88.8 cm³/mol. The van der Waals surface area contributed by atoms with Crippen LogP contribution in [0.1, 0.15) is 49.4 Å². The summed E-state index contributed by atoms with van der Waals surface area (Å²) in [6.45, 7) is 6.64. The number of thiophene rings is 1. The van der Waals surface area contributed by atoms with E-state index in [1.807, 2.05) is 15.7 Å². The molecule has 1 aliphatic rings. The van der Waals surface area contributed by atoms with Crippen molar-refractivity contribution in [2.24, 2.45) is 5.92 Å². The molecular formula is C15H18N4S2. The van der Waals surface area contributed by atoms with E-state index in [2.05, 4.69) is 31.0 Å². The molecule has 3 heterocycles. The predicted octanol–water partition coefficient (Wildman–Crippen LogP) is 4.25. The van der Waals surface area contributed by atoms with Crippen molar-refractivity contribution in [3.05, 3.63) is 21.0 Å². The number of aryl methyl sites for hydroxylation is 1. The van der Waals surface area contributed by atoms with Gasteiger partial charge in [0.25, 0.3) is 0 Å². The highest BCUT2D eigenvalue weighted by Crippen LogP contribution is 2.39. The molecule has 4 nitrogen and oxygen atoms in total. The Morgan fingerprint density at radius 1 is 1.43 bits per heavy atom. The van der Waals surface area contributed by atoms with Crippen LogP contribution in [0, 0.1) is 10.7 Å². The summed E-state index contributed by atoms with van der Waals surface area (Å²) < 4.78 is 2.67. The van der Waals surface area contributed by atoms with Crippen molar-refractivity contribution in [3.63, 3.8) is 0 Å². The second kappa shape index (κ2) is 4.61. The summed E-state index contributed by atoms with van der Waals surface area (Å²) in [4.78, 5) is 7.54. The Labute approximate surface area is 132 Å². The first-order valence-electron chi connectivity index (χ1n) is 7.47. The molecule has 21 heavy (non-hydrogen) atoms. The third-order valence-electron chi connectivity index (χ3n) is 4.35. The summed E-state index contributed by atoms with van der Waals surface area (Å²) in [6.07, 6.45) is 3.56. The Morgan fingerprint density at radius 2 is 2.24 bits per heavy atom. The lowest BCUT2D eigenvalue weighted by Gasteiger charge is -2.17. The number of nitrogens with zero attached hydrogens (tertiary/aromatic N) is 3. The molecule has 0 amide bonds. The minimum absolute atomic E-state index is 0.319. The van der Waals surface area contributed by atoms with E-state index in [1.54, 1.807) is 0 Å².